The van der Waals surface area contributed by atoms with Crippen molar-refractivity contribution in [2.24, 2.45) is 0 Å². The highest BCUT2D eigenvalue weighted by molar-refractivity contribution is 5.85. The molecule has 0 spiro atoms. The lowest BCUT2D eigenvalue weighted by Gasteiger charge is -2.21. The summed E-state index contributed by atoms with van der Waals surface area (Å²) in [5, 5.41) is 11.2. The molecule has 2 heterocycles. The van der Waals surface area contributed by atoms with Gasteiger partial charge in [0.2, 0.25) is 0 Å². The Morgan fingerprint density at radius 1 is 0.714 bits per heavy atom. The Kier molecular flexibility index (Phi) is 31.5. The summed E-state index contributed by atoms with van der Waals surface area (Å²) in [6.07, 6.45) is 36.9. The zero-order valence-electron chi connectivity index (χ0n) is 35.1. The van der Waals surface area contributed by atoms with Crippen LogP contribution >= 0.6 is 12.4 Å². The average molecular weight is 809 g/mol. The lowest BCUT2D eigenvalue weighted by Crippen LogP contribution is -2.39. The van der Waals surface area contributed by atoms with Crippen LogP contribution in [0, 0.1) is 0 Å². The van der Waals surface area contributed by atoms with Crippen molar-refractivity contribution in [3.05, 3.63) is 47.1 Å². The van der Waals surface area contributed by atoms with E-state index in [-0.39, 0.29) is 43.6 Å². The number of carbonyl (C=O) groups excluding carboxylic acids is 2. The van der Waals surface area contributed by atoms with Crippen molar-refractivity contribution in [2.45, 2.75) is 218 Å². The molecule has 1 aromatic heterocycles. The van der Waals surface area contributed by atoms with Crippen molar-refractivity contribution >= 4 is 30.2 Å². The van der Waals surface area contributed by atoms with Crippen LogP contribution < -0.4 is 11.4 Å². The van der Waals surface area contributed by atoms with E-state index in [4.69, 9.17) is 19.9 Å². The number of carbonyl (C=O) groups is 2. The maximum atomic E-state index is 12.9. The molecule has 0 bridgehead atoms. The normalized spacial score (nSPS) is 18.1. The first kappa shape index (κ1) is 51.3. The molecule has 0 aromatic carbocycles. The number of nitrogen functional groups attached to an aromatic ring is 1. The molecule has 11 heteroatoms. The number of unbranched alkanes of at least 4 members (excludes halogenated alkanes) is 22. The minimum absolute atomic E-state index is 0. The van der Waals surface area contributed by atoms with Gasteiger partial charge in [-0.3, -0.25) is 14.2 Å². The van der Waals surface area contributed by atoms with Gasteiger partial charge in [-0.1, -0.05) is 141 Å². The van der Waals surface area contributed by atoms with Crippen LogP contribution in [-0.4, -0.2) is 51.5 Å². The third-order valence-corrected chi connectivity index (χ3v) is 10.4. The largest absolute Gasteiger partial charge is 0.463 e. The molecule has 56 heavy (non-hydrogen) atoms. The minimum atomic E-state index is -1.37. The number of hydrogen-bond acceptors (Lipinski definition) is 9. The van der Waals surface area contributed by atoms with Gasteiger partial charge in [-0.2, -0.15) is 4.98 Å². The maximum absolute atomic E-state index is 12.9. The highest BCUT2D eigenvalue weighted by atomic mass is 35.5. The summed E-state index contributed by atoms with van der Waals surface area (Å²) in [4.78, 5) is 41.8. The lowest BCUT2D eigenvalue weighted by molar-refractivity contribution is -0.160. The number of aliphatic hydroxyl groups excluding tert-OH is 1. The van der Waals surface area contributed by atoms with Crippen molar-refractivity contribution in [3.63, 3.8) is 0 Å². The number of halogens is 1. The van der Waals surface area contributed by atoms with Crippen molar-refractivity contribution in [1.29, 1.82) is 0 Å². The molecule has 10 nitrogen and oxygen atoms in total. The van der Waals surface area contributed by atoms with E-state index in [1.54, 1.807) is 0 Å². The second-order valence-corrected chi connectivity index (χ2v) is 15.4. The summed E-state index contributed by atoms with van der Waals surface area (Å²) >= 11 is 0. The second kappa shape index (κ2) is 34.4. The summed E-state index contributed by atoms with van der Waals surface area (Å²) in [7, 11) is 0. The standard InChI is InChI=1S/C45H77N3O7.ClH/c1-3-5-7-9-11-13-15-17-19-21-23-25-27-29-31-33-40(49)53-37-38-43(42(51)44(54-38)48-36-35-39(46)47-45(48)52)55-41(50)34-32-30-28-26-24-22-20-18-16-14-12-10-8-6-4-2;/h17-20,35-36,38,42-44,51H,3-16,21-34,37H2,1-2H3,(H2,46,47,52);1H/b19-17-,20-18-;/t38-,42+,43-,44-;/m1./s1. The SMILES string of the molecule is CCCCCCCC/C=C\CCCCCCCC(=O)OC[C@H]1O[C@@H](n2ccc(N)nc2=O)[C@@H](O)[C@@H]1OC(=O)CCCCCCC/C=C\CCCCCCCC.Cl. The highest BCUT2D eigenvalue weighted by Gasteiger charge is 2.48. The Labute approximate surface area is 345 Å². The third kappa shape index (κ3) is 24.2. The molecule has 0 amide bonds. The van der Waals surface area contributed by atoms with Gasteiger partial charge in [-0.05, 0) is 70.3 Å². The molecule has 3 N–H and O–H groups in total. The van der Waals surface area contributed by atoms with Gasteiger partial charge in [0.05, 0.1) is 0 Å². The van der Waals surface area contributed by atoms with Gasteiger partial charge in [0.25, 0.3) is 0 Å². The smallest absolute Gasteiger partial charge is 0.351 e. The number of nitrogens with two attached hydrogens (primary N) is 1. The number of nitrogens with zero attached hydrogens (tertiary/aromatic N) is 2. The Balaban J connectivity index is 0.0000157. The number of anilines is 1. The number of rotatable bonds is 34. The van der Waals surface area contributed by atoms with E-state index >= 15 is 0 Å². The van der Waals surface area contributed by atoms with E-state index < -0.39 is 36.2 Å². The van der Waals surface area contributed by atoms with Crippen molar-refractivity contribution in [1.82, 2.24) is 9.55 Å². The molecule has 1 aromatic rings. The first-order valence-corrected chi connectivity index (χ1v) is 22.2. The molecule has 0 unspecified atom stereocenters. The van der Waals surface area contributed by atoms with Crippen LogP contribution in [0.25, 0.3) is 0 Å². The van der Waals surface area contributed by atoms with E-state index in [1.165, 1.54) is 102 Å². The van der Waals surface area contributed by atoms with Crippen LogP contribution in [0.1, 0.15) is 200 Å². The Hall–Kier alpha value is -2.69. The number of aliphatic hydroxyl groups is 1. The van der Waals surface area contributed by atoms with Gasteiger partial charge in [-0.15, -0.1) is 12.4 Å². The zero-order valence-corrected chi connectivity index (χ0v) is 35.9. The zero-order chi connectivity index (χ0) is 39.8. The fourth-order valence-electron chi connectivity index (χ4n) is 6.99. The van der Waals surface area contributed by atoms with Gasteiger partial charge >= 0.3 is 17.6 Å². The second-order valence-electron chi connectivity index (χ2n) is 15.4. The molecule has 0 aliphatic carbocycles. The molecule has 1 aliphatic rings. The fourth-order valence-corrected chi connectivity index (χ4v) is 6.99. The van der Waals surface area contributed by atoms with Gasteiger partial charge in [0.15, 0.2) is 12.3 Å². The number of allylic oxidation sites excluding steroid dienone is 4. The van der Waals surface area contributed by atoms with Crippen LogP contribution in [0.3, 0.4) is 0 Å². The minimum Gasteiger partial charge on any atom is -0.463 e. The average Bonchev–Trinajstić information content (AvgIpc) is 3.47. The van der Waals surface area contributed by atoms with Crippen LogP contribution in [-0.2, 0) is 23.8 Å². The first-order chi connectivity index (χ1) is 26.9. The predicted octanol–water partition coefficient (Wildman–Crippen LogP) is 11.0. The molecular weight excluding hydrogens is 730 g/mol. The Bertz CT molecular complexity index is 1260. The van der Waals surface area contributed by atoms with E-state index in [9.17, 15) is 19.5 Å². The monoisotopic (exact) mass is 808 g/mol. The first-order valence-electron chi connectivity index (χ1n) is 22.2. The molecular formula is C45H78ClN3O7. The number of esters is 2. The number of hydrogen-bond donors (Lipinski definition) is 2. The highest BCUT2D eigenvalue weighted by Crippen LogP contribution is 2.31. The van der Waals surface area contributed by atoms with E-state index in [0.717, 1.165) is 75.2 Å². The predicted molar refractivity (Wildman–Crippen MR) is 230 cm³/mol. The quantitative estimate of drug-likeness (QED) is 0.0395. The summed E-state index contributed by atoms with van der Waals surface area (Å²) in [6, 6.07) is 1.42. The Morgan fingerprint density at radius 3 is 1.61 bits per heavy atom. The molecule has 2 rings (SSSR count). The summed E-state index contributed by atoms with van der Waals surface area (Å²) < 4.78 is 18.3. The van der Waals surface area contributed by atoms with E-state index in [0.29, 0.717) is 6.42 Å². The van der Waals surface area contributed by atoms with Crippen molar-refractivity contribution < 1.29 is 28.9 Å². The van der Waals surface area contributed by atoms with E-state index in [1.807, 2.05) is 0 Å². The molecule has 1 saturated heterocycles. The summed E-state index contributed by atoms with van der Waals surface area (Å²) in [6.45, 7) is 4.29. The van der Waals surface area contributed by atoms with E-state index in [2.05, 4.69) is 43.1 Å². The molecule has 322 valence electrons. The molecule has 1 aliphatic heterocycles. The summed E-state index contributed by atoms with van der Waals surface area (Å²) in [5.74, 6) is -0.792. The van der Waals surface area contributed by atoms with Gasteiger partial charge in [-0.25, -0.2) is 4.79 Å². The van der Waals surface area contributed by atoms with Gasteiger partial charge in [0.1, 0.15) is 24.6 Å². The number of aromatic nitrogens is 2. The molecule has 0 radical (unpaired) electrons. The van der Waals surface area contributed by atoms with Crippen molar-refractivity contribution in [2.75, 3.05) is 12.3 Å². The van der Waals surface area contributed by atoms with Gasteiger partial charge in [0, 0.05) is 19.0 Å². The summed E-state index contributed by atoms with van der Waals surface area (Å²) in [5.41, 5.74) is 4.94. The van der Waals surface area contributed by atoms with Crippen LogP contribution in [0.4, 0.5) is 5.82 Å². The maximum Gasteiger partial charge on any atom is 0.351 e. The topological polar surface area (TPSA) is 143 Å². The third-order valence-electron chi connectivity index (χ3n) is 10.4. The molecule has 0 saturated carbocycles. The van der Waals surface area contributed by atoms with Crippen LogP contribution in [0.15, 0.2) is 41.4 Å². The lowest BCUT2D eigenvalue weighted by atomic mass is 10.1. The molecule has 1 fully saturated rings. The van der Waals surface area contributed by atoms with Crippen molar-refractivity contribution in [3.8, 4) is 0 Å². The van der Waals surface area contributed by atoms with Crippen LogP contribution in [0.2, 0.25) is 0 Å². The Morgan fingerprint density at radius 2 is 1.14 bits per heavy atom. The number of ether oxygens (including phenoxy) is 3. The van der Waals surface area contributed by atoms with Crippen LogP contribution in [0.5, 0.6) is 0 Å². The molecule has 4 atom stereocenters. The fraction of sp³-hybridized carbons (Fsp3) is 0.778. The van der Waals surface area contributed by atoms with Gasteiger partial charge < -0.3 is 25.1 Å².